The minimum atomic E-state index is -0.881. The van der Waals surface area contributed by atoms with E-state index in [-0.39, 0.29) is 13.2 Å². The number of aliphatic imine (C=N–C) groups is 1. The summed E-state index contributed by atoms with van der Waals surface area (Å²) >= 11 is 9.12. The third kappa shape index (κ3) is 3.46. The molecule has 138 valence electrons. The van der Waals surface area contributed by atoms with Gasteiger partial charge in [0.2, 0.25) is 0 Å². The summed E-state index contributed by atoms with van der Waals surface area (Å²) in [7, 11) is 2.98. The minimum Gasteiger partial charge on any atom is -0.491 e. The number of aliphatic hydroxyl groups is 1. The number of hydrogen-bond acceptors (Lipinski definition) is 5. The van der Waals surface area contributed by atoms with Crippen molar-refractivity contribution in [2.45, 2.75) is 12.1 Å². The van der Waals surface area contributed by atoms with E-state index in [1.165, 1.54) is 11.9 Å². The number of fused-ring (bicyclic) bond motifs is 1. The molecule has 1 N–H and O–H groups in total. The SMILES string of the molecule is CN1C(=O)C2C(=NC(Br)=[N+]2CC(O)COc2ccc(Cl)cc2)N(C)C1=O. The standard InChI is InChI=1S/C16H17BrClN4O4/c1-20-13-12(14(24)21(2)16(20)25)22(15(17)19-13)7-10(23)8-26-11-5-3-9(18)4-6-11/h3-6,10,12,23H,7-8H2,1-2H3/q+1. The van der Waals surface area contributed by atoms with Gasteiger partial charge in [0.15, 0.2) is 0 Å². The number of nitrogens with zero attached hydrogens (tertiary/aromatic N) is 4. The lowest BCUT2D eigenvalue weighted by atomic mass is 10.1. The lowest BCUT2D eigenvalue weighted by Crippen LogP contribution is -2.62. The summed E-state index contributed by atoms with van der Waals surface area (Å²) in [6, 6.07) is 5.58. The second-order valence-electron chi connectivity index (χ2n) is 5.95. The lowest BCUT2D eigenvalue weighted by molar-refractivity contribution is -0.541. The van der Waals surface area contributed by atoms with E-state index in [9.17, 15) is 14.7 Å². The topological polar surface area (TPSA) is 85.4 Å². The van der Waals surface area contributed by atoms with Crippen LogP contribution in [-0.4, -0.2) is 81.4 Å². The highest BCUT2D eigenvalue weighted by Crippen LogP contribution is 2.21. The average Bonchev–Trinajstić information content (AvgIpc) is 2.94. The van der Waals surface area contributed by atoms with Crippen molar-refractivity contribution in [1.29, 1.82) is 0 Å². The zero-order valence-electron chi connectivity index (χ0n) is 14.1. The van der Waals surface area contributed by atoms with Crippen molar-refractivity contribution in [3.63, 3.8) is 0 Å². The number of benzene rings is 1. The molecule has 0 aliphatic carbocycles. The number of rotatable bonds is 5. The van der Waals surface area contributed by atoms with E-state index in [1.807, 2.05) is 0 Å². The van der Waals surface area contributed by atoms with Crippen molar-refractivity contribution in [2.24, 2.45) is 4.99 Å². The molecule has 2 aliphatic rings. The molecule has 0 bridgehead atoms. The molecule has 1 aromatic rings. The number of halogens is 2. The van der Waals surface area contributed by atoms with E-state index >= 15 is 0 Å². The Morgan fingerprint density at radius 2 is 1.96 bits per heavy atom. The first-order valence-electron chi connectivity index (χ1n) is 7.79. The van der Waals surface area contributed by atoms with Crippen LogP contribution in [-0.2, 0) is 4.79 Å². The molecule has 10 heteroatoms. The number of carbonyl (C=O) groups excluding carboxylic acids is 2. The number of ether oxygens (including phenoxy) is 1. The van der Waals surface area contributed by atoms with Crippen molar-refractivity contribution < 1.29 is 24.0 Å². The number of hydrogen-bond donors (Lipinski definition) is 1. The quantitative estimate of drug-likeness (QED) is 0.545. The molecule has 0 spiro atoms. The van der Waals surface area contributed by atoms with Crippen LogP contribution in [0.5, 0.6) is 5.75 Å². The predicted molar refractivity (Wildman–Crippen MR) is 99.2 cm³/mol. The maximum Gasteiger partial charge on any atom is 0.364 e. The van der Waals surface area contributed by atoms with E-state index in [1.54, 1.807) is 35.9 Å². The number of amides is 3. The zero-order valence-corrected chi connectivity index (χ0v) is 16.4. The number of aliphatic hydroxyl groups excluding tert-OH is 1. The van der Waals surface area contributed by atoms with E-state index in [0.717, 1.165) is 4.90 Å². The summed E-state index contributed by atoms with van der Waals surface area (Å²) < 4.78 is 7.52. The molecule has 3 amide bonds. The van der Waals surface area contributed by atoms with Crippen LogP contribution in [0.4, 0.5) is 4.79 Å². The summed E-state index contributed by atoms with van der Waals surface area (Å²) in [5.41, 5.74) is 0. The fraction of sp³-hybridized carbons (Fsp3) is 0.375. The minimum absolute atomic E-state index is 0.0270. The molecule has 2 atom stereocenters. The summed E-state index contributed by atoms with van der Waals surface area (Å²) in [6.45, 7) is 0.132. The molecular weight excluding hydrogens is 428 g/mol. The van der Waals surface area contributed by atoms with Crippen LogP contribution in [0.25, 0.3) is 0 Å². The van der Waals surface area contributed by atoms with Gasteiger partial charge < -0.3 is 9.84 Å². The van der Waals surface area contributed by atoms with Gasteiger partial charge in [0, 0.05) is 19.1 Å². The highest BCUT2D eigenvalue weighted by Gasteiger charge is 2.52. The number of amidine groups is 2. The smallest absolute Gasteiger partial charge is 0.364 e. The molecule has 2 unspecified atom stereocenters. The van der Waals surface area contributed by atoms with Gasteiger partial charge in [-0.3, -0.25) is 14.6 Å². The van der Waals surface area contributed by atoms with Crippen LogP contribution < -0.4 is 4.74 Å². The van der Waals surface area contributed by atoms with Crippen molar-refractivity contribution >= 4 is 50.0 Å². The summed E-state index contributed by atoms with van der Waals surface area (Å²) in [4.78, 5) is 31.2. The van der Waals surface area contributed by atoms with Gasteiger partial charge in [-0.2, -0.15) is 0 Å². The number of imide groups is 1. The Labute approximate surface area is 163 Å². The van der Waals surface area contributed by atoms with E-state index in [4.69, 9.17) is 16.3 Å². The lowest BCUT2D eigenvalue weighted by Gasteiger charge is -2.30. The summed E-state index contributed by atoms with van der Waals surface area (Å²) in [5.74, 6) is 0.511. The van der Waals surface area contributed by atoms with E-state index < -0.39 is 24.1 Å². The first kappa shape index (κ1) is 18.8. The molecule has 0 radical (unpaired) electrons. The number of urea groups is 1. The first-order valence-corrected chi connectivity index (χ1v) is 8.96. The van der Waals surface area contributed by atoms with Crippen molar-refractivity contribution in [3.8, 4) is 5.75 Å². The van der Waals surface area contributed by atoms with E-state index in [2.05, 4.69) is 20.9 Å². The Balaban J connectivity index is 1.67. The van der Waals surface area contributed by atoms with Crippen LogP contribution in [0.2, 0.25) is 5.02 Å². The van der Waals surface area contributed by atoms with Crippen LogP contribution in [0.3, 0.4) is 0 Å². The molecule has 3 rings (SSSR count). The maximum absolute atomic E-state index is 12.5. The van der Waals surface area contributed by atoms with Crippen molar-refractivity contribution in [3.05, 3.63) is 29.3 Å². The highest BCUT2D eigenvalue weighted by molar-refractivity contribution is 9.18. The second-order valence-corrected chi connectivity index (χ2v) is 7.10. The molecule has 0 saturated carbocycles. The van der Waals surface area contributed by atoms with Gasteiger partial charge in [-0.25, -0.2) is 9.37 Å². The van der Waals surface area contributed by atoms with Gasteiger partial charge in [-0.15, -0.1) is 0 Å². The summed E-state index contributed by atoms with van der Waals surface area (Å²) in [5, 5.41) is 10.9. The van der Waals surface area contributed by atoms with Crippen molar-refractivity contribution in [1.82, 2.24) is 9.80 Å². The Hall–Kier alpha value is -1.97. The van der Waals surface area contributed by atoms with Gasteiger partial charge in [0.05, 0.1) is 15.9 Å². The fourth-order valence-electron chi connectivity index (χ4n) is 2.75. The Kier molecular flexibility index (Phi) is 5.31. The molecule has 26 heavy (non-hydrogen) atoms. The molecule has 2 aliphatic heterocycles. The second kappa shape index (κ2) is 7.34. The van der Waals surface area contributed by atoms with E-state index in [0.29, 0.717) is 21.4 Å². The summed E-state index contributed by atoms with van der Waals surface area (Å²) in [6.07, 6.45) is -0.881. The monoisotopic (exact) mass is 443 g/mol. The number of carbonyl (C=O) groups is 2. The number of β-amino-alcohol motifs (C(OH)–C–C–N with tert-alkyl or cyclic N) is 1. The van der Waals surface area contributed by atoms with Gasteiger partial charge in [-0.05, 0) is 29.3 Å². The third-order valence-electron chi connectivity index (χ3n) is 4.15. The molecule has 2 heterocycles. The van der Waals surface area contributed by atoms with Gasteiger partial charge in [0.1, 0.15) is 25.0 Å². The van der Waals surface area contributed by atoms with Crippen LogP contribution in [0.15, 0.2) is 29.3 Å². The Morgan fingerprint density at radius 3 is 2.62 bits per heavy atom. The highest BCUT2D eigenvalue weighted by atomic mass is 79.9. The molecule has 1 saturated heterocycles. The van der Waals surface area contributed by atoms with Crippen LogP contribution >= 0.6 is 27.5 Å². The predicted octanol–water partition coefficient (Wildman–Crippen LogP) is 1.15. The fourth-order valence-corrected chi connectivity index (χ4v) is 3.41. The molecule has 8 nitrogen and oxygen atoms in total. The first-order chi connectivity index (χ1) is 12.3. The maximum atomic E-state index is 12.5. The number of likely N-dealkylation sites (N-methyl/N-ethyl adjacent to an activating group) is 2. The molecule has 1 fully saturated rings. The average molecular weight is 445 g/mol. The Morgan fingerprint density at radius 1 is 1.31 bits per heavy atom. The third-order valence-corrected chi connectivity index (χ3v) is 5.03. The van der Waals surface area contributed by atoms with Gasteiger partial charge in [0.25, 0.3) is 17.8 Å². The van der Waals surface area contributed by atoms with Crippen LogP contribution in [0, 0.1) is 0 Å². The molecule has 0 aromatic heterocycles. The van der Waals surface area contributed by atoms with Gasteiger partial charge in [-0.1, -0.05) is 11.6 Å². The molecule has 1 aromatic carbocycles. The van der Waals surface area contributed by atoms with Gasteiger partial charge >= 0.3 is 10.8 Å². The normalized spacial score (nSPS) is 21.1. The van der Waals surface area contributed by atoms with Crippen LogP contribution in [0.1, 0.15) is 0 Å². The zero-order chi connectivity index (χ0) is 19.0. The Bertz CT molecular complexity index is 811. The molecular formula is C16H17BrClN4O4+. The largest absolute Gasteiger partial charge is 0.491 e. The van der Waals surface area contributed by atoms with Crippen molar-refractivity contribution in [2.75, 3.05) is 27.2 Å².